The molecular formula is C13H19N5. The number of aryl methyl sites for hydroxylation is 1. The van der Waals surface area contributed by atoms with Crippen LogP contribution in [0, 0.1) is 18.3 Å². The lowest BCUT2D eigenvalue weighted by Crippen LogP contribution is -2.32. The monoisotopic (exact) mass is 245 g/mol. The van der Waals surface area contributed by atoms with Crippen LogP contribution in [-0.2, 0) is 0 Å². The van der Waals surface area contributed by atoms with E-state index < -0.39 is 0 Å². The van der Waals surface area contributed by atoms with E-state index in [0.29, 0.717) is 11.6 Å². The third-order valence-electron chi connectivity index (χ3n) is 3.25. The zero-order chi connectivity index (χ0) is 13.0. The maximum Gasteiger partial charge on any atom is 0.226 e. The van der Waals surface area contributed by atoms with E-state index in [1.54, 1.807) is 6.07 Å². The first kappa shape index (κ1) is 12.8. The molecule has 0 bridgehead atoms. The summed E-state index contributed by atoms with van der Waals surface area (Å²) >= 11 is 0. The summed E-state index contributed by atoms with van der Waals surface area (Å²) in [4.78, 5) is 13.1. The van der Waals surface area contributed by atoms with E-state index in [1.807, 2.05) is 18.9 Å². The molecule has 5 heteroatoms. The van der Waals surface area contributed by atoms with Crippen LogP contribution in [0.1, 0.15) is 24.2 Å². The van der Waals surface area contributed by atoms with E-state index in [2.05, 4.69) is 20.9 Å². The first-order valence-corrected chi connectivity index (χ1v) is 6.38. The minimum Gasteiger partial charge on any atom is -0.343 e. The summed E-state index contributed by atoms with van der Waals surface area (Å²) in [5.41, 5.74) is 1.27. The summed E-state index contributed by atoms with van der Waals surface area (Å²) in [7, 11) is 1.98. The van der Waals surface area contributed by atoms with E-state index in [9.17, 15) is 0 Å². The molecule has 0 amide bonds. The van der Waals surface area contributed by atoms with Crippen molar-refractivity contribution < 1.29 is 0 Å². The SMILES string of the molecule is Cc1cc(C#N)nc(N(C)CCN2CCCC2)n1. The second-order valence-corrected chi connectivity index (χ2v) is 4.78. The highest BCUT2D eigenvalue weighted by Crippen LogP contribution is 2.10. The lowest BCUT2D eigenvalue weighted by molar-refractivity contribution is 0.346. The van der Waals surface area contributed by atoms with Crippen LogP contribution in [0.5, 0.6) is 0 Å². The molecule has 0 aromatic carbocycles. The molecule has 0 radical (unpaired) electrons. The fourth-order valence-electron chi connectivity index (χ4n) is 2.18. The molecule has 1 aliphatic rings. The van der Waals surface area contributed by atoms with Gasteiger partial charge in [0, 0.05) is 25.8 Å². The van der Waals surface area contributed by atoms with Crippen LogP contribution < -0.4 is 4.90 Å². The molecular weight excluding hydrogens is 226 g/mol. The first-order chi connectivity index (χ1) is 8.69. The summed E-state index contributed by atoms with van der Waals surface area (Å²) in [5.74, 6) is 0.644. The van der Waals surface area contributed by atoms with E-state index in [1.165, 1.54) is 25.9 Å². The van der Waals surface area contributed by atoms with Gasteiger partial charge in [-0.3, -0.25) is 0 Å². The van der Waals surface area contributed by atoms with Crippen LogP contribution in [0.15, 0.2) is 6.07 Å². The summed E-state index contributed by atoms with van der Waals surface area (Å²) in [5, 5.41) is 8.90. The number of likely N-dealkylation sites (N-methyl/N-ethyl adjacent to an activating group) is 1. The van der Waals surface area contributed by atoms with E-state index >= 15 is 0 Å². The fourth-order valence-corrected chi connectivity index (χ4v) is 2.18. The standard InChI is InChI=1S/C13H19N5/c1-11-9-12(10-14)16-13(15-11)17(2)7-8-18-5-3-4-6-18/h9H,3-8H2,1-2H3. The van der Waals surface area contributed by atoms with Crippen molar-refractivity contribution >= 4 is 5.95 Å². The minimum atomic E-state index is 0.436. The zero-order valence-electron chi connectivity index (χ0n) is 11.1. The molecule has 1 fully saturated rings. The normalized spacial score (nSPS) is 15.6. The molecule has 96 valence electrons. The van der Waals surface area contributed by atoms with Crippen LogP contribution in [0.25, 0.3) is 0 Å². The van der Waals surface area contributed by atoms with E-state index in [4.69, 9.17) is 5.26 Å². The maximum atomic E-state index is 8.90. The number of aromatic nitrogens is 2. The van der Waals surface area contributed by atoms with Gasteiger partial charge in [-0.25, -0.2) is 9.97 Å². The average molecular weight is 245 g/mol. The molecule has 1 aromatic rings. The van der Waals surface area contributed by atoms with Gasteiger partial charge in [-0.15, -0.1) is 0 Å². The van der Waals surface area contributed by atoms with E-state index in [0.717, 1.165) is 18.8 Å². The quantitative estimate of drug-likeness (QED) is 0.797. The number of nitrogens with zero attached hydrogens (tertiary/aromatic N) is 5. The molecule has 18 heavy (non-hydrogen) atoms. The molecule has 1 saturated heterocycles. The van der Waals surface area contributed by atoms with Gasteiger partial charge in [0.25, 0.3) is 0 Å². The smallest absolute Gasteiger partial charge is 0.226 e. The topological polar surface area (TPSA) is 56.1 Å². The number of anilines is 1. The zero-order valence-corrected chi connectivity index (χ0v) is 11.1. The maximum absolute atomic E-state index is 8.90. The van der Waals surface area contributed by atoms with Crippen LogP contribution >= 0.6 is 0 Å². The minimum absolute atomic E-state index is 0.436. The second-order valence-electron chi connectivity index (χ2n) is 4.78. The molecule has 0 atom stereocenters. The predicted octanol–water partition coefficient (Wildman–Crippen LogP) is 1.19. The summed E-state index contributed by atoms with van der Waals surface area (Å²) in [6.45, 7) is 6.22. The highest BCUT2D eigenvalue weighted by molar-refractivity contribution is 5.35. The Morgan fingerprint density at radius 2 is 2.11 bits per heavy atom. The summed E-state index contributed by atoms with van der Waals surface area (Å²) in [6.07, 6.45) is 2.62. The molecule has 0 N–H and O–H groups in total. The molecule has 0 unspecified atom stereocenters. The third-order valence-corrected chi connectivity index (χ3v) is 3.25. The molecule has 1 aromatic heterocycles. The Morgan fingerprint density at radius 3 is 2.78 bits per heavy atom. The Kier molecular flexibility index (Phi) is 4.11. The number of rotatable bonds is 4. The van der Waals surface area contributed by atoms with Crippen molar-refractivity contribution in [1.82, 2.24) is 14.9 Å². The lowest BCUT2D eigenvalue weighted by atomic mass is 10.3. The van der Waals surface area contributed by atoms with Crippen molar-refractivity contribution in [2.75, 3.05) is 38.1 Å². The van der Waals surface area contributed by atoms with Crippen LogP contribution in [0.4, 0.5) is 5.95 Å². The molecule has 2 heterocycles. The molecule has 1 aliphatic heterocycles. The van der Waals surface area contributed by atoms with Gasteiger partial charge in [0.15, 0.2) is 0 Å². The van der Waals surface area contributed by atoms with E-state index in [-0.39, 0.29) is 0 Å². The van der Waals surface area contributed by atoms with Crippen molar-refractivity contribution in [2.45, 2.75) is 19.8 Å². The van der Waals surface area contributed by atoms with Crippen molar-refractivity contribution in [3.05, 3.63) is 17.5 Å². The summed E-state index contributed by atoms with van der Waals surface area (Å²) < 4.78 is 0. The predicted molar refractivity (Wildman–Crippen MR) is 70.4 cm³/mol. The van der Waals surface area contributed by atoms with Gasteiger partial charge in [-0.2, -0.15) is 5.26 Å². The van der Waals surface area contributed by atoms with Gasteiger partial charge in [0.05, 0.1) is 0 Å². The van der Waals surface area contributed by atoms with Crippen LogP contribution in [0.2, 0.25) is 0 Å². The number of likely N-dealkylation sites (tertiary alicyclic amines) is 1. The van der Waals surface area contributed by atoms with Gasteiger partial charge in [0.2, 0.25) is 5.95 Å². The Morgan fingerprint density at radius 1 is 1.39 bits per heavy atom. The Hall–Kier alpha value is -1.67. The first-order valence-electron chi connectivity index (χ1n) is 6.38. The molecule has 0 spiro atoms. The van der Waals surface area contributed by atoms with Gasteiger partial charge in [0.1, 0.15) is 11.8 Å². The van der Waals surface area contributed by atoms with Crippen molar-refractivity contribution in [3.8, 4) is 6.07 Å². The number of nitriles is 1. The number of hydrogen-bond acceptors (Lipinski definition) is 5. The lowest BCUT2D eigenvalue weighted by Gasteiger charge is -2.21. The van der Waals surface area contributed by atoms with Gasteiger partial charge in [-0.05, 0) is 38.9 Å². The van der Waals surface area contributed by atoms with Crippen LogP contribution in [-0.4, -0.2) is 48.1 Å². The van der Waals surface area contributed by atoms with Crippen LogP contribution in [0.3, 0.4) is 0 Å². The van der Waals surface area contributed by atoms with Gasteiger partial charge < -0.3 is 9.80 Å². The highest BCUT2D eigenvalue weighted by atomic mass is 15.3. The second kappa shape index (κ2) is 5.78. The fraction of sp³-hybridized carbons (Fsp3) is 0.615. The highest BCUT2D eigenvalue weighted by Gasteiger charge is 2.13. The Balaban J connectivity index is 1.97. The largest absolute Gasteiger partial charge is 0.343 e. The van der Waals surface area contributed by atoms with Crippen molar-refractivity contribution in [2.24, 2.45) is 0 Å². The summed E-state index contributed by atoms with van der Waals surface area (Å²) in [6, 6.07) is 3.78. The van der Waals surface area contributed by atoms with Crippen molar-refractivity contribution in [3.63, 3.8) is 0 Å². The molecule has 0 aliphatic carbocycles. The third kappa shape index (κ3) is 3.17. The average Bonchev–Trinajstić information content (AvgIpc) is 2.88. The molecule has 2 rings (SSSR count). The Labute approximate surface area is 108 Å². The van der Waals surface area contributed by atoms with Crippen molar-refractivity contribution in [1.29, 1.82) is 5.26 Å². The van der Waals surface area contributed by atoms with Gasteiger partial charge in [-0.1, -0.05) is 0 Å². The molecule has 0 saturated carbocycles. The molecule has 5 nitrogen and oxygen atoms in total. The number of hydrogen-bond donors (Lipinski definition) is 0. The van der Waals surface area contributed by atoms with Gasteiger partial charge >= 0.3 is 0 Å². The Bertz CT molecular complexity index is 445.